The monoisotopic (exact) mass is 392 g/mol. The third kappa shape index (κ3) is 5.54. The van der Waals surface area contributed by atoms with Crippen molar-refractivity contribution >= 4 is 28.5 Å². The number of aromatic nitrogens is 1. The van der Waals surface area contributed by atoms with Gasteiger partial charge in [-0.2, -0.15) is 0 Å². The number of amides is 1. The smallest absolute Gasteiger partial charge is 0.250 e. The number of hydrogen-bond donors (Lipinski definition) is 1. The van der Waals surface area contributed by atoms with Crippen LogP contribution in [0.2, 0.25) is 0 Å². The zero-order chi connectivity index (χ0) is 19.8. The van der Waals surface area contributed by atoms with Gasteiger partial charge in [0, 0.05) is 17.0 Å². The van der Waals surface area contributed by atoms with E-state index in [9.17, 15) is 4.79 Å². The molecule has 4 nitrogen and oxygen atoms in total. The van der Waals surface area contributed by atoms with E-state index in [1.807, 2.05) is 29.6 Å². The van der Waals surface area contributed by atoms with Crippen LogP contribution in [-0.2, 0) is 11.2 Å². The molecule has 3 rings (SSSR count). The first kappa shape index (κ1) is 19.8. The van der Waals surface area contributed by atoms with E-state index in [4.69, 9.17) is 4.74 Å². The molecule has 1 heterocycles. The Labute approximate surface area is 169 Å². The lowest BCUT2D eigenvalue weighted by molar-refractivity contribution is -0.111. The van der Waals surface area contributed by atoms with Crippen LogP contribution < -0.4 is 10.1 Å². The largest absolute Gasteiger partial charge is 0.494 e. The van der Waals surface area contributed by atoms with E-state index in [0.717, 1.165) is 35.4 Å². The Hall–Kier alpha value is -2.92. The molecule has 5 heteroatoms. The second-order valence-corrected chi connectivity index (χ2v) is 7.19. The van der Waals surface area contributed by atoms with Crippen LogP contribution in [0.1, 0.15) is 31.4 Å². The van der Waals surface area contributed by atoms with Crippen molar-refractivity contribution in [1.82, 2.24) is 4.98 Å². The fourth-order valence-corrected chi connectivity index (χ4v) is 3.31. The van der Waals surface area contributed by atoms with Crippen LogP contribution in [0, 0.1) is 0 Å². The second-order valence-electron chi connectivity index (χ2n) is 6.33. The minimum atomic E-state index is -0.200. The van der Waals surface area contributed by atoms with Gasteiger partial charge in [-0.05, 0) is 42.2 Å². The predicted molar refractivity (Wildman–Crippen MR) is 117 cm³/mol. The number of carbonyl (C=O) groups is 1. The molecule has 2 aromatic carbocycles. The Morgan fingerprint density at radius 2 is 1.86 bits per heavy atom. The van der Waals surface area contributed by atoms with Gasteiger partial charge in [-0.25, -0.2) is 4.98 Å². The van der Waals surface area contributed by atoms with Crippen molar-refractivity contribution in [1.29, 1.82) is 0 Å². The maximum Gasteiger partial charge on any atom is 0.250 e. The number of ether oxygens (including phenoxy) is 1. The summed E-state index contributed by atoms with van der Waals surface area (Å²) in [5, 5.41) is 5.37. The maximum atomic E-state index is 12.2. The van der Waals surface area contributed by atoms with Gasteiger partial charge in [-0.1, -0.05) is 50.2 Å². The third-order valence-electron chi connectivity index (χ3n) is 4.17. The molecule has 0 radical (unpaired) electrons. The Morgan fingerprint density at radius 3 is 2.54 bits per heavy atom. The SMILES string of the molecule is CCCOc1ccc(/C=C/C(=O)Nc2nc(-c3ccc(CC)cc3)cs2)cc1. The number of thiazole rings is 1. The average Bonchev–Trinajstić information content (AvgIpc) is 3.20. The molecule has 0 aliphatic heterocycles. The Kier molecular flexibility index (Phi) is 6.98. The van der Waals surface area contributed by atoms with Gasteiger partial charge in [0.2, 0.25) is 5.91 Å². The summed E-state index contributed by atoms with van der Waals surface area (Å²) in [6.07, 6.45) is 5.28. The summed E-state index contributed by atoms with van der Waals surface area (Å²) in [6, 6.07) is 16.0. The molecule has 0 spiro atoms. The average molecular weight is 393 g/mol. The summed E-state index contributed by atoms with van der Waals surface area (Å²) in [7, 11) is 0. The molecule has 0 saturated heterocycles. The molecule has 0 unspecified atom stereocenters. The zero-order valence-electron chi connectivity index (χ0n) is 16.1. The van der Waals surface area contributed by atoms with E-state index in [1.54, 1.807) is 6.08 Å². The van der Waals surface area contributed by atoms with E-state index in [-0.39, 0.29) is 5.91 Å². The van der Waals surface area contributed by atoms with Crippen LogP contribution >= 0.6 is 11.3 Å². The van der Waals surface area contributed by atoms with Gasteiger partial charge in [-0.15, -0.1) is 11.3 Å². The molecule has 0 saturated carbocycles. The van der Waals surface area contributed by atoms with Crippen molar-refractivity contribution in [3.63, 3.8) is 0 Å². The van der Waals surface area contributed by atoms with Crippen molar-refractivity contribution in [2.24, 2.45) is 0 Å². The van der Waals surface area contributed by atoms with Crippen LogP contribution in [0.15, 0.2) is 60.0 Å². The van der Waals surface area contributed by atoms with Crippen LogP contribution in [0.3, 0.4) is 0 Å². The zero-order valence-corrected chi connectivity index (χ0v) is 17.0. The first-order valence-corrected chi connectivity index (χ1v) is 10.3. The van der Waals surface area contributed by atoms with Gasteiger partial charge in [-0.3, -0.25) is 10.1 Å². The lowest BCUT2D eigenvalue weighted by Gasteiger charge is -2.04. The Bertz CT molecular complexity index is 928. The van der Waals surface area contributed by atoms with Crippen molar-refractivity contribution in [3.8, 4) is 17.0 Å². The number of rotatable bonds is 8. The number of aryl methyl sites for hydroxylation is 1. The first-order chi connectivity index (χ1) is 13.7. The van der Waals surface area contributed by atoms with Crippen molar-refractivity contribution in [3.05, 3.63) is 71.1 Å². The van der Waals surface area contributed by atoms with Crippen molar-refractivity contribution in [2.75, 3.05) is 11.9 Å². The fourth-order valence-electron chi connectivity index (χ4n) is 2.59. The Balaban J connectivity index is 1.57. The number of nitrogens with one attached hydrogen (secondary N) is 1. The third-order valence-corrected chi connectivity index (χ3v) is 4.93. The molecule has 0 aliphatic rings. The highest BCUT2D eigenvalue weighted by atomic mass is 32.1. The van der Waals surface area contributed by atoms with Gasteiger partial charge >= 0.3 is 0 Å². The predicted octanol–water partition coefficient (Wildman–Crippen LogP) is 5.81. The quantitative estimate of drug-likeness (QED) is 0.492. The molecular formula is C23H24N2O2S. The minimum absolute atomic E-state index is 0.200. The first-order valence-electron chi connectivity index (χ1n) is 9.44. The van der Waals surface area contributed by atoms with Crippen LogP contribution in [-0.4, -0.2) is 17.5 Å². The fraction of sp³-hybridized carbons (Fsp3) is 0.217. The standard InChI is InChI=1S/C23H24N2O2S/c1-3-15-27-20-12-7-18(8-13-20)9-14-22(26)25-23-24-21(16-28-23)19-10-5-17(4-2)6-11-19/h5-14,16H,3-4,15H2,1-2H3,(H,24,25,26)/b14-9+. The number of carbonyl (C=O) groups excluding carboxylic acids is 1. The lowest BCUT2D eigenvalue weighted by atomic mass is 10.1. The van der Waals surface area contributed by atoms with E-state index < -0.39 is 0 Å². The molecule has 1 amide bonds. The number of hydrogen-bond acceptors (Lipinski definition) is 4. The topological polar surface area (TPSA) is 51.2 Å². The summed E-state index contributed by atoms with van der Waals surface area (Å²) in [4.78, 5) is 16.7. The highest BCUT2D eigenvalue weighted by Crippen LogP contribution is 2.25. The summed E-state index contributed by atoms with van der Waals surface area (Å²) in [6.45, 7) is 4.91. The number of anilines is 1. The summed E-state index contributed by atoms with van der Waals surface area (Å²) in [5.41, 5.74) is 4.15. The van der Waals surface area contributed by atoms with Gasteiger partial charge in [0.25, 0.3) is 0 Å². The summed E-state index contributed by atoms with van der Waals surface area (Å²) < 4.78 is 5.56. The van der Waals surface area contributed by atoms with E-state index in [1.165, 1.54) is 23.0 Å². The molecule has 0 fully saturated rings. The highest BCUT2D eigenvalue weighted by Gasteiger charge is 2.06. The van der Waals surface area contributed by atoms with Crippen molar-refractivity contribution < 1.29 is 9.53 Å². The van der Waals surface area contributed by atoms with Gasteiger partial charge < -0.3 is 4.74 Å². The van der Waals surface area contributed by atoms with Gasteiger partial charge in [0.1, 0.15) is 5.75 Å². The highest BCUT2D eigenvalue weighted by molar-refractivity contribution is 7.14. The van der Waals surface area contributed by atoms with Crippen LogP contribution in [0.4, 0.5) is 5.13 Å². The molecule has 0 atom stereocenters. The second kappa shape index (κ2) is 9.85. The molecule has 0 aliphatic carbocycles. The number of nitrogens with zero attached hydrogens (tertiary/aromatic N) is 1. The van der Waals surface area contributed by atoms with Gasteiger partial charge in [0.15, 0.2) is 5.13 Å². The van der Waals surface area contributed by atoms with Gasteiger partial charge in [0.05, 0.1) is 12.3 Å². The van der Waals surface area contributed by atoms with E-state index >= 15 is 0 Å². The molecule has 1 aromatic heterocycles. The maximum absolute atomic E-state index is 12.2. The lowest BCUT2D eigenvalue weighted by Crippen LogP contribution is -2.07. The molecule has 0 bridgehead atoms. The summed E-state index contributed by atoms with van der Waals surface area (Å²) >= 11 is 1.42. The van der Waals surface area contributed by atoms with Crippen molar-refractivity contribution in [2.45, 2.75) is 26.7 Å². The Morgan fingerprint density at radius 1 is 1.11 bits per heavy atom. The van der Waals surface area contributed by atoms with Crippen LogP contribution in [0.5, 0.6) is 5.75 Å². The molecular weight excluding hydrogens is 368 g/mol. The van der Waals surface area contributed by atoms with Crippen LogP contribution in [0.25, 0.3) is 17.3 Å². The molecule has 1 N–H and O–H groups in total. The summed E-state index contributed by atoms with van der Waals surface area (Å²) in [5.74, 6) is 0.638. The minimum Gasteiger partial charge on any atom is -0.494 e. The normalized spacial score (nSPS) is 10.9. The number of benzene rings is 2. The molecule has 3 aromatic rings. The van der Waals surface area contributed by atoms with E-state index in [0.29, 0.717) is 11.7 Å². The van der Waals surface area contributed by atoms with E-state index in [2.05, 4.69) is 48.4 Å². The molecule has 28 heavy (non-hydrogen) atoms. The molecule has 144 valence electrons.